The summed E-state index contributed by atoms with van der Waals surface area (Å²) in [7, 11) is 0. The molecule has 92 valence electrons. The minimum Gasteiger partial charge on any atom is -0.388 e. The van der Waals surface area contributed by atoms with Crippen molar-refractivity contribution in [2.24, 2.45) is 0 Å². The smallest absolute Gasteiger partial charge is 0.0959 e. The number of aliphatic hydroxyl groups is 1. The van der Waals surface area contributed by atoms with Gasteiger partial charge in [0.05, 0.1) is 16.3 Å². The Kier molecular flexibility index (Phi) is 4.47. The fourth-order valence-corrected chi connectivity index (χ4v) is 2.54. The number of rotatable bonds is 5. The summed E-state index contributed by atoms with van der Waals surface area (Å²) < 4.78 is 0. The minimum atomic E-state index is -0.721. The monoisotopic (exact) mass is 242 g/mol. The number of aromatic nitrogens is 1. The number of nitrogens with one attached hydrogen (secondary N) is 1. The number of thiazole rings is 1. The predicted octanol–water partition coefficient (Wildman–Crippen LogP) is 2.05. The van der Waals surface area contributed by atoms with Crippen molar-refractivity contribution in [3.05, 3.63) is 15.6 Å². The van der Waals surface area contributed by atoms with E-state index in [1.807, 2.05) is 13.8 Å². The van der Waals surface area contributed by atoms with E-state index in [1.54, 1.807) is 11.3 Å². The van der Waals surface area contributed by atoms with Gasteiger partial charge in [0, 0.05) is 23.9 Å². The van der Waals surface area contributed by atoms with Crippen molar-refractivity contribution in [2.45, 2.75) is 52.7 Å². The average molecular weight is 242 g/mol. The van der Waals surface area contributed by atoms with Crippen molar-refractivity contribution in [2.75, 3.05) is 6.54 Å². The Morgan fingerprint density at radius 1 is 1.44 bits per heavy atom. The van der Waals surface area contributed by atoms with Gasteiger partial charge in [0.1, 0.15) is 0 Å². The lowest BCUT2D eigenvalue weighted by atomic mass is 10.0. The molecule has 1 aromatic rings. The van der Waals surface area contributed by atoms with Gasteiger partial charge in [0.2, 0.25) is 0 Å². The third-order valence-corrected chi connectivity index (χ3v) is 3.57. The Balaban J connectivity index is 2.57. The maximum Gasteiger partial charge on any atom is 0.0959 e. The molecule has 16 heavy (non-hydrogen) atoms. The fraction of sp³-hybridized carbons (Fsp3) is 0.750. The lowest BCUT2D eigenvalue weighted by molar-refractivity contribution is 0.0581. The third kappa shape index (κ3) is 4.20. The molecule has 1 rings (SSSR count). The molecule has 0 aliphatic rings. The van der Waals surface area contributed by atoms with Gasteiger partial charge >= 0.3 is 0 Å². The molecular weight excluding hydrogens is 220 g/mol. The molecule has 0 spiro atoms. The van der Waals surface area contributed by atoms with Gasteiger partial charge in [-0.25, -0.2) is 4.98 Å². The number of nitrogens with zero attached hydrogens (tertiary/aromatic N) is 1. The van der Waals surface area contributed by atoms with Crippen molar-refractivity contribution < 1.29 is 5.11 Å². The second-order valence-corrected chi connectivity index (χ2v) is 6.25. The van der Waals surface area contributed by atoms with Crippen LogP contribution < -0.4 is 5.32 Å². The average Bonchev–Trinajstić information content (AvgIpc) is 2.42. The van der Waals surface area contributed by atoms with E-state index in [1.165, 1.54) is 4.88 Å². The summed E-state index contributed by atoms with van der Waals surface area (Å²) in [4.78, 5) is 5.69. The van der Waals surface area contributed by atoms with E-state index >= 15 is 0 Å². The fourth-order valence-electron chi connectivity index (χ4n) is 1.43. The zero-order chi connectivity index (χ0) is 12.3. The van der Waals surface area contributed by atoms with E-state index in [-0.39, 0.29) is 0 Å². The number of hydrogen-bond donors (Lipinski definition) is 2. The van der Waals surface area contributed by atoms with Gasteiger partial charge in [-0.1, -0.05) is 13.8 Å². The van der Waals surface area contributed by atoms with Crippen molar-refractivity contribution in [1.29, 1.82) is 0 Å². The quantitative estimate of drug-likeness (QED) is 0.830. The molecule has 1 heterocycles. The molecule has 0 radical (unpaired) electrons. The van der Waals surface area contributed by atoms with Crippen molar-refractivity contribution in [1.82, 2.24) is 10.3 Å². The minimum absolute atomic E-state index is 0.395. The molecule has 0 saturated carbocycles. The highest BCUT2D eigenvalue weighted by atomic mass is 32.1. The topological polar surface area (TPSA) is 45.2 Å². The molecule has 3 nitrogen and oxygen atoms in total. The first-order valence-corrected chi connectivity index (χ1v) is 6.50. The van der Waals surface area contributed by atoms with Crippen LogP contribution in [0, 0.1) is 13.8 Å². The van der Waals surface area contributed by atoms with E-state index in [0.717, 1.165) is 10.7 Å². The molecule has 0 bridgehead atoms. The van der Waals surface area contributed by atoms with Crippen LogP contribution in [-0.2, 0) is 6.42 Å². The van der Waals surface area contributed by atoms with E-state index in [2.05, 4.69) is 31.1 Å². The van der Waals surface area contributed by atoms with E-state index < -0.39 is 5.60 Å². The van der Waals surface area contributed by atoms with Crippen LogP contribution in [0.3, 0.4) is 0 Å². The Labute approximate surface area is 102 Å². The maximum atomic E-state index is 10.2. The lowest BCUT2D eigenvalue weighted by Gasteiger charge is -2.24. The van der Waals surface area contributed by atoms with Gasteiger partial charge in [-0.2, -0.15) is 0 Å². The highest BCUT2D eigenvalue weighted by Gasteiger charge is 2.23. The zero-order valence-corrected chi connectivity index (χ0v) is 11.6. The van der Waals surface area contributed by atoms with Crippen LogP contribution in [0.1, 0.15) is 36.3 Å². The predicted molar refractivity (Wildman–Crippen MR) is 69.1 cm³/mol. The third-order valence-electron chi connectivity index (χ3n) is 2.50. The highest BCUT2D eigenvalue weighted by molar-refractivity contribution is 7.11. The van der Waals surface area contributed by atoms with Crippen molar-refractivity contribution >= 4 is 11.3 Å². The molecule has 0 aliphatic heterocycles. The molecule has 0 saturated heterocycles. The molecule has 0 amide bonds. The van der Waals surface area contributed by atoms with Gasteiger partial charge in [-0.05, 0) is 20.8 Å². The van der Waals surface area contributed by atoms with Crippen LogP contribution in [0.15, 0.2) is 0 Å². The number of aryl methyl sites for hydroxylation is 2. The van der Waals surface area contributed by atoms with Gasteiger partial charge in [-0.3, -0.25) is 0 Å². The van der Waals surface area contributed by atoms with Crippen LogP contribution in [-0.4, -0.2) is 28.3 Å². The largest absolute Gasteiger partial charge is 0.388 e. The van der Waals surface area contributed by atoms with Gasteiger partial charge in [0.25, 0.3) is 0 Å². The Morgan fingerprint density at radius 3 is 2.50 bits per heavy atom. The van der Waals surface area contributed by atoms with Crippen LogP contribution in [0.2, 0.25) is 0 Å². The van der Waals surface area contributed by atoms with Crippen LogP contribution in [0.5, 0.6) is 0 Å². The summed E-state index contributed by atoms with van der Waals surface area (Å²) in [6.45, 7) is 10.7. The van der Waals surface area contributed by atoms with E-state index in [0.29, 0.717) is 19.0 Å². The Hall–Kier alpha value is -0.450. The van der Waals surface area contributed by atoms with Gasteiger partial charge < -0.3 is 10.4 Å². The van der Waals surface area contributed by atoms with Gasteiger partial charge in [-0.15, -0.1) is 11.3 Å². The summed E-state index contributed by atoms with van der Waals surface area (Å²) in [5.41, 5.74) is 0.355. The van der Waals surface area contributed by atoms with Crippen LogP contribution in [0.25, 0.3) is 0 Å². The number of hydrogen-bond acceptors (Lipinski definition) is 4. The molecule has 0 fully saturated rings. The highest BCUT2D eigenvalue weighted by Crippen LogP contribution is 2.21. The van der Waals surface area contributed by atoms with Crippen molar-refractivity contribution in [3.63, 3.8) is 0 Å². The molecule has 0 aliphatic carbocycles. The lowest BCUT2D eigenvalue weighted by Crippen LogP contribution is -2.42. The standard InChI is InChI=1S/C12H22N2OS/c1-8(2)13-7-12(5,15)6-11-14-9(3)10(4)16-11/h8,13,15H,6-7H2,1-5H3. The summed E-state index contributed by atoms with van der Waals surface area (Å²) in [5, 5.41) is 14.5. The molecule has 1 unspecified atom stereocenters. The van der Waals surface area contributed by atoms with Crippen molar-refractivity contribution in [3.8, 4) is 0 Å². The molecule has 4 heteroatoms. The maximum absolute atomic E-state index is 10.2. The summed E-state index contributed by atoms with van der Waals surface area (Å²) in [6, 6.07) is 0.395. The van der Waals surface area contributed by atoms with E-state index in [4.69, 9.17) is 0 Å². The SMILES string of the molecule is Cc1nc(CC(C)(O)CNC(C)C)sc1C. The molecule has 1 aromatic heterocycles. The van der Waals surface area contributed by atoms with Crippen LogP contribution >= 0.6 is 11.3 Å². The zero-order valence-electron chi connectivity index (χ0n) is 10.8. The summed E-state index contributed by atoms with van der Waals surface area (Å²) in [5.74, 6) is 0. The second kappa shape index (κ2) is 5.25. The summed E-state index contributed by atoms with van der Waals surface area (Å²) >= 11 is 1.68. The molecule has 0 aromatic carbocycles. The molecule has 2 N–H and O–H groups in total. The first kappa shape index (κ1) is 13.6. The van der Waals surface area contributed by atoms with Crippen LogP contribution in [0.4, 0.5) is 0 Å². The first-order chi connectivity index (χ1) is 7.30. The molecule has 1 atom stereocenters. The normalized spacial score (nSPS) is 15.4. The Bertz CT molecular complexity index is 325. The first-order valence-electron chi connectivity index (χ1n) is 5.69. The Morgan fingerprint density at radius 2 is 2.06 bits per heavy atom. The molecular formula is C12H22N2OS. The second-order valence-electron chi connectivity index (χ2n) is 4.96. The summed E-state index contributed by atoms with van der Waals surface area (Å²) in [6.07, 6.45) is 0.617. The van der Waals surface area contributed by atoms with E-state index in [9.17, 15) is 5.11 Å². The van der Waals surface area contributed by atoms with Gasteiger partial charge in [0.15, 0.2) is 0 Å².